The summed E-state index contributed by atoms with van der Waals surface area (Å²) in [7, 11) is 0. The van der Waals surface area contributed by atoms with E-state index in [1.54, 1.807) is 12.1 Å². The molecule has 0 bridgehead atoms. The number of hydrogen-bond acceptors (Lipinski definition) is 3. The molecule has 0 radical (unpaired) electrons. The lowest BCUT2D eigenvalue weighted by Gasteiger charge is -2.05. The summed E-state index contributed by atoms with van der Waals surface area (Å²) < 4.78 is 5.61. The first kappa shape index (κ1) is 15.0. The van der Waals surface area contributed by atoms with Crippen LogP contribution in [0.15, 0.2) is 42.5 Å². The zero-order chi connectivity index (χ0) is 15.1. The Morgan fingerprint density at radius 2 is 1.52 bits per heavy atom. The van der Waals surface area contributed by atoms with Crippen molar-refractivity contribution in [3.05, 3.63) is 53.6 Å². The lowest BCUT2D eigenvalue weighted by Crippen LogP contribution is -1.95. The first-order valence-electron chi connectivity index (χ1n) is 7.11. The number of unbranched alkanes of at least 4 members (excludes halogenated alkanes) is 1. The topological polar surface area (TPSA) is 49.7 Å². The average Bonchev–Trinajstić information content (AvgIpc) is 2.46. The van der Waals surface area contributed by atoms with Crippen molar-refractivity contribution >= 4 is 12.2 Å². The van der Waals surface area contributed by atoms with Crippen molar-refractivity contribution in [1.29, 1.82) is 0 Å². The highest BCUT2D eigenvalue weighted by molar-refractivity contribution is 5.71. The molecule has 0 aliphatic rings. The first-order valence-corrected chi connectivity index (χ1v) is 7.11. The van der Waals surface area contributed by atoms with E-state index in [4.69, 9.17) is 4.74 Å². The molecule has 110 valence electrons. The molecule has 2 aromatic rings. The minimum atomic E-state index is 0.0503. The Morgan fingerprint density at radius 3 is 2.14 bits per heavy atom. The Hall–Kier alpha value is -2.42. The van der Waals surface area contributed by atoms with Gasteiger partial charge < -0.3 is 14.9 Å². The third-order valence-corrected chi connectivity index (χ3v) is 3.04. The van der Waals surface area contributed by atoms with Gasteiger partial charge in [-0.3, -0.25) is 0 Å². The van der Waals surface area contributed by atoms with Crippen LogP contribution in [-0.4, -0.2) is 16.8 Å². The highest BCUT2D eigenvalue weighted by atomic mass is 16.5. The number of hydrogen-bond donors (Lipinski definition) is 2. The minimum absolute atomic E-state index is 0.0503. The first-order chi connectivity index (χ1) is 10.2. The van der Waals surface area contributed by atoms with Crippen molar-refractivity contribution in [3.63, 3.8) is 0 Å². The largest absolute Gasteiger partial charge is 0.508 e. The van der Waals surface area contributed by atoms with Crippen molar-refractivity contribution in [3.8, 4) is 17.2 Å². The van der Waals surface area contributed by atoms with Crippen LogP contribution < -0.4 is 4.74 Å². The molecule has 0 saturated carbocycles. The van der Waals surface area contributed by atoms with Gasteiger partial charge in [-0.15, -0.1) is 0 Å². The average molecular weight is 284 g/mol. The lowest BCUT2D eigenvalue weighted by molar-refractivity contribution is 0.309. The predicted molar refractivity (Wildman–Crippen MR) is 85.5 cm³/mol. The van der Waals surface area contributed by atoms with E-state index in [1.165, 1.54) is 6.07 Å². The van der Waals surface area contributed by atoms with Crippen LogP contribution in [0.2, 0.25) is 0 Å². The van der Waals surface area contributed by atoms with Crippen LogP contribution in [0.5, 0.6) is 17.2 Å². The van der Waals surface area contributed by atoms with E-state index in [0.29, 0.717) is 0 Å². The van der Waals surface area contributed by atoms with Crippen LogP contribution in [0.4, 0.5) is 0 Å². The van der Waals surface area contributed by atoms with Gasteiger partial charge in [-0.2, -0.15) is 0 Å². The van der Waals surface area contributed by atoms with E-state index in [9.17, 15) is 10.2 Å². The van der Waals surface area contributed by atoms with Crippen molar-refractivity contribution in [2.24, 2.45) is 0 Å². The molecular weight excluding hydrogens is 264 g/mol. The minimum Gasteiger partial charge on any atom is -0.508 e. The fourth-order valence-corrected chi connectivity index (χ4v) is 1.92. The molecule has 0 unspecified atom stereocenters. The molecule has 3 nitrogen and oxygen atoms in total. The van der Waals surface area contributed by atoms with Crippen LogP contribution >= 0.6 is 0 Å². The van der Waals surface area contributed by atoms with Gasteiger partial charge in [0.25, 0.3) is 0 Å². The molecule has 0 saturated heterocycles. The maximum Gasteiger partial charge on any atom is 0.119 e. The number of rotatable bonds is 6. The molecule has 0 spiro atoms. The summed E-state index contributed by atoms with van der Waals surface area (Å²) in [5, 5.41) is 18.8. The second-order valence-corrected chi connectivity index (χ2v) is 4.89. The second kappa shape index (κ2) is 7.39. The lowest BCUT2D eigenvalue weighted by atomic mass is 10.1. The molecule has 3 heteroatoms. The van der Waals surface area contributed by atoms with Gasteiger partial charge in [0, 0.05) is 6.07 Å². The number of ether oxygens (including phenoxy) is 1. The monoisotopic (exact) mass is 284 g/mol. The van der Waals surface area contributed by atoms with E-state index in [-0.39, 0.29) is 11.5 Å². The maximum absolute atomic E-state index is 9.42. The van der Waals surface area contributed by atoms with E-state index in [2.05, 4.69) is 6.92 Å². The van der Waals surface area contributed by atoms with Crippen molar-refractivity contribution in [2.75, 3.05) is 6.61 Å². The SMILES string of the molecule is CCCCOc1ccc(/C=C/c2cc(O)cc(O)c2)cc1. The molecule has 0 fully saturated rings. The van der Waals surface area contributed by atoms with Gasteiger partial charge in [-0.1, -0.05) is 37.6 Å². The maximum atomic E-state index is 9.42. The summed E-state index contributed by atoms with van der Waals surface area (Å²) >= 11 is 0. The van der Waals surface area contributed by atoms with Gasteiger partial charge in [0.1, 0.15) is 17.2 Å². The Morgan fingerprint density at radius 1 is 0.905 bits per heavy atom. The Bertz CT molecular complexity index is 580. The molecule has 2 N–H and O–H groups in total. The van der Waals surface area contributed by atoms with Crippen LogP contribution in [-0.2, 0) is 0 Å². The molecule has 2 rings (SSSR count). The standard InChI is InChI=1S/C18H20O3/c1-2-3-10-21-18-8-6-14(7-9-18)4-5-15-11-16(19)13-17(20)12-15/h4-9,11-13,19-20H,2-3,10H2,1H3/b5-4+. The van der Waals surface area contributed by atoms with Crippen molar-refractivity contribution in [1.82, 2.24) is 0 Å². The Kier molecular flexibility index (Phi) is 5.27. The smallest absolute Gasteiger partial charge is 0.119 e. The second-order valence-electron chi connectivity index (χ2n) is 4.89. The van der Waals surface area contributed by atoms with Gasteiger partial charge in [-0.05, 0) is 41.8 Å². The van der Waals surface area contributed by atoms with E-state index in [0.717, 1.165) is 36.3 Å². The summed E-state index contributed by atoms with van der Waals surface area (Å²) in [5.41, 5.74) is 1.77. The normalized spacial score (nSPS) is 10.9. The Labute approximate surface area is 125 Å². The molecule has 0 aromatic heterocycles. The summed E-state index contributed by atoms with van der Waals surface area (Å²) in [5.74, 6) is 0.972. The molecule has 2 aromatic carbocycles. The third kappa shape index (κ3) is 4.88. The number of benzene rings is 2. The molecule has 0 amide bonds. The molecule has 0 aliphatic heterocycles. The molecule has 0 heterocycles. The highest BCUT2D eigenvalue weighted by Crippen LogP contribution is 2.22. The molecular formula is C18H20O3. The van der Waals surface area contributed by atoms with Gasteiger partial charge in [0.15, 0.2) is 0 Å². The van der Waals surface area contributed by atoms with Crippen LogP contribution in [0, 0.1) is 0 Å². The van der Waals surface area contributed by atoms with Gasteiger partial charge >= 0.3 is 0 Å². The predicted octanol–water partition coefficient (Wildman–Crippen LogP) is 4.45. The summed E-state index contributed by atoms with van der Waals surface area (Å²) in [4.78, 5) is 0. The van der Waals surface area contributed by atoms with E-state index < -0.39 is 0 Å². The quantitative estimate of drug-likeness (QED) is 0.608. The van der Waals surface area contributed by atoms with Gasteiger partial charge in [-0.25, -0.2) is 0 Å². The van der Waals surface area contributed by atoms with E-state index in [1.807, 2.05) is 36.4 Å². The van der Waals surface area contributed by atoms with Crippen LogP contribution in [0.3, 0.4) is 0 Å². The third-order valence-electron chi connectivity index (χ3n) is 3.04. The van der Waals surface area contributed by atoms with Crippen LogP contribution in [0.1, 0.15) is 30.9 Å². The van der Waals surface area contributed by atoms with E-state index >= 15 is 0 Å². The summed E-state index contributed by atoms with van der Waals surface area (Å²) in [6, 6.07) is 12.3. The van der Waals surface area contributed by atoms with Crippen molar-refractivity contribution < 1.29 is 14.9 Å². The summed E-state index contributed by atoms with van der Waals surface area (Å²) in [6.07, 6.45) is 5.94. The molecule has 21 heavy (non-hydrogen) atoms. The highest BCUT2D eigenvalue weighted by Gasteiger charge is 1.97. The summed E-state index contributed by atoms with van der Waals surface area (Å²) in [6.45, 7) is 2.88. The van der Waals surface area contributed by atoms with Gasteiger partial charge in [0.05, 0.1) is 6.61 Å². The van der Waals surface area contributed by atoms with Crippen molar-refractivity contribution in [2.45, 2.75) is 19.8 Å². The fraction of sp³-hybridized carbons (Fsp3) is 0.222. The Balaban J connectivity index is 2.00. The number of aromatic hydroxyl groups is 2. The van der Waals surface area contributed by atoms with Gasteiger partial charge in [0.2, 0.25) is 0 Å². The molecule has 0 aliphatic carbocycles. The fourth-order valence-electron chi connectivity index (χ4n) is 1.92. The molecule has 0 atom stereocenters. The zero-order valence-corrected chi connectivity index (χ0v) is 12.1. The number of phenols is 2. The number of phenolic OH excluding ortho intramolecular Hbond substituents is 2. The zero-order valence-electron chi connectivity index (χ0n) is 12.1. The van der Waals surface area contributed by atoms with Crippen LogP contribution in [0.25, 0.3) is 12.2 Å².